The Kier molecular flexibility index (Phi) is 9.78. The Morgan fingerprint density at radius 2 is 2.11 bits per heavy atom. The molecule has 0 amide bonds. The highest BCUT2D eigenvalue weighted by Gasteiger charge is 2.30. The van der Waals surface area contributed by atoms with Crippen molar-refractivity contribution in [1.29, 1.82) is 0 Å². The summed E-state index contributed by atoms with van der Waals surface area (Å²) in [6.45, 7) is 11.6. The van der Waals surface area contributed by atoms with Crippen molar-refractivity contribution in [2.75, 3.05) is 39.9 Å². The lowest BCUT2D eigenvalue weighted by molar-refractivity contribution is 0.143. The van der Waals surface area contributed by atoms with Gasteiger partial charge in [0.15, 0.2) is 5.96 Å². The number of ether oxygens (including phenoxy) is 1. The smallest absolute Gasteiger partial charge is 0.193 e. The molecule has 1 heterocycles. The summed E-state index contributed by atoms with van der Waals surface area (Å²) in [5.41, 5.74) is 0.423. The SMILES string of the molecule is CCOCCCCNC(=NC)N1CCC(C)(C)C1.I. The molecule has 5 heteroatoms. The third-order valence-electron chi connectivity index (χ3n) is 3.39. The third-order valence-corrected chi connectivity index (χ3v) is 3.39. The Balaban J connectivity index is 0.00000324. The van der Waals surface area contributed by atoms with Gasteiger partial charge in [0.25, 0.3) is 0 Å². The first kappa shape index (κ1) is 19.0. The van der Waals surface area contributed by atoms with Crippen molar-refractivity contribution in [2.45, 2.75) is 40.0 Å². The molecule has 0 unspecified atom stereocenters. The standard InChI is InChI=1S/C14H29N3O.HI/c1-5-18-11-7-6-9-16-13(15-4)17-10-8-14(2,3)12-17;/h5-12H2,1-4H3,(H,15,16);1H. The van der Waals surface area contributed by atoms with Gasteiger partial charge in [-0.05, 0) is 31.6 Å². The third kappa shape index (κ3) is 7.34. The number of aliphatic imine (C=N–C) groups is 1. The molecule has 0 spiro atoms. The lowest BCUT2D eigenvalue weighted by atomic mass is 9.93. The van der Waals surface area contributed by atoms with Crippen LogP contribution in [0.25, 0.3) is 0 Å². The molecule has 0 bridgehead atoms. The first-order valence-electron chi connectivity index (χ1n) is 7.12. The number of nitrogens with one attached hydrogen (secondary N) is 1. The molecule has 0 aliphatic carbocycles. The predicted octanol–water partition coefficient (Wildman–Crippen LogP) is 2.73. The molecular formula is C14H30IN3O. The molecule has 0 saturated carbocycles. The Labute approximate surface area is 135 Å². The van der Waals surface area contributed by atoms with Crippen molar-refractivity contribution in [3.05, 3.63) is 0 Å². The molecule has 0 aromatic carbocycles. The van der Waals surface area contributed by atoms with Crippen LogP contribution in [0.3, 0.4) is 0 Å². The maximum atomic E-state index is 5.33. The van der Waals surface area contributed by atoms with Gasteiger partial charge in [-0.15, -0.1) is 24.0 Å². The number of rotatable bonds is 6. The molecule has 1 aliphatic heterocycles. The largest absolute Gasteiger partial charge is 0.382 e. The van der Waals surface area contributed by atoms with E-state index in [1.165, 1.54) is 6.42 Å². The highest BCUT2D eigenvalue weighted by molar-refractivity contribution is 14.0. The molecule has 1 rings (SSSR count). The summed E-state index contributed by atoms with van der Waals surface area (Å²) in [5, 5.41) is 3.45. The van der Waals surface area contributed by atoms with Gasteiger partial charge in [-0.1, -0.05) is 13.8 Å². The van der Waals surface area contributed by atoms with Gasteiger partial charge in [0.2, 0.25) is 0 Å². The van der Waals surface area contributed by atoms with Crippen LogP contribution < -0.4 is 5.32 Å². The van der Waals surface area contributed by atoms with Gasteiger partial charge >= 0.3 is 0 Å². The van der Waals surface area contributed by atoms with Crippen molar-refractivity contribution in [3.8, 4) is 0 Å². The van der Waals surface area contributed by atoms with Crippen molar-refractivity contribution in [1.82, 2.24) is 10.2 Å². The van der Waals surface area contributed by atoms with E-state index < -0.39 is 0 Å². The number of halogens is 1. The van der Waals surface area contributed by atoms with Crippen LogP contribution in [0, 0.1) is 5.41 Å². The summed E-state index contributed by atoms with van der Waals surface area (Å²) in [5.74, 6) is 1.05. The number of unbranched alkanes of at least 4 members (excludes halogenated alkanes) is 1. The van der Waals surface area contributed by atoms with E-state index in [-0.39, 0.29) is 24.0 Å². The van der Waals surface area contributed by atoms with E-state index in [0.29, 0.717) is 5.41 Å². The molecule has 1 fully saturated rings. The number of hydrogen-bond donors (Lipinski definition) is 1. The topological polar surface area (TPSA) is 36.9 Å². The Bertz CT molecular complexity index is 269. The fourth-order valence-corrected chi connectivity index (χ4v) is 2.30. The molecule has 0 atom stereocenters. The molecule has 4 nitrogen and oxygen atoms in total. The Morgan fingerprint density at radius 1 is 1.37 bits per heavy atom. The Hall–Kier alpha value is -0.0400. The van der Waals surface area contributed by atoms with Crippen molar-refractivity contribution >= 4 is 29.9 Å². The summed E-state index contributed by atoms with van der Waals surface area (Å²) in [6.07, 6.45) is 3.50. The first-order chi connectivity index (χ1) is 8.59. The van der Waals surface area contributed by atoms with E-state index >= 15 is 0 Å². The van der Waals surface area contributed by atoms with Crippen LogP contribution in [-0.4, -0.2) is 50.8 Å². The quantitative estimate of drug-likeness (QED) is 0.332. The zero-order chi connectivity index (χ0) is 13.4. The molecule has 0 radical (unpaired) electrons. The lowest BCUT2D eigenvalue weighted by Crippen LogP contribution is -2.41. The zero-order valence-electron chi connectivity index (χ0n) is 12.9. The molecule has 1 saturated heterocycles. The second-order valence-corrected chi connectivity index (χ2v) is 5.71. The highest BCUT2D eigenvalue weighted by atomic mass is 127. The number of hydrogen-bond acceptors (Lipinski definition) is 2. The highest BCUT2D eigenvalue weighted by Crippen LogP contribution is 2.28. The number of nitrogens with zero attached hydrogens (tertiary/aromatic N) is 2. The van der Waals surface area contributed by atoms with Crippen molar-refractivity contribution < 1.29 is 4.74 Å². The predicted molar refractivity (Wildman–Crippen MR) is 92.5 cm³/mol. The second kappa shape index (κ2) is 9.80. The normalized spacial score (nSPS) is 18.3. The number of guanidine groups is 1. The van der Waals surface area contributed by atoms with Crippen LogP contribution in [-0.2, 0) is 4.74 Å². The summed E-state index contributed by atoms with van der Waals surface area (Å²) in [6, 6.07) is 0. The minimum Gasteiger partial charge on any atom is -0.382 e. The monoisotopic (exact) mass is 383 g/mol. The minimum absolute atomic E-state index is 0. The first-order valence-corrected chi connectivity index (χ1v) is 7.12. The van der Waals surface area contributed by atoms with E-state index in [0.717, 1.165) is 51.6 Å². The van der Waals surface area contributed by atoms with Crippen molar-refractivity contribution in [3.63, 3.8) is 0 Å². The van der Waals surface area contributed by atoms with E-state index in [1.807, 2.05) is 14.0 Å². The van der Waals surface area contributed by atoms with Gasteiger partial charge in [0.1, 0.15) is 0 Å². The van der Waals surface area contributed by atoms with E-state index in [2.05, 4.69) is 29.1 Å². The second-order valence-electron chi connectivity index (χ2n) is 5.71. The van der Waals surface area contributed by atoms with Gasteiger partial charge in [-0.25, -0.2) is 0 Å². The molecular weight excluding hydrogens is 353 g/mol. The van der Waals surface area contributed by atoms with E-state index in [1.54, 1.807) is 0 Å². The fraction of sp³-hybridized carbons (Fsp3) is 0.929. The van der Waals surface area contributed by atoms with Crippen LogP contribution in [0.5, 0.6) is 0 Å². The lowest BCUT2D eigenvalue weighted by Gasteiger charge is -2.23. The molecule has 19 heavy (non-hydrogen) atoms. The van der Waals surface area contributed by atoms with E-state index in [4.69, 9.17) is 4.74 Å². The van der Waals surface area contributed by atoms with Crippen LogP contribution in [0.15, 0.2) is 4.99 Å². The van der Waals surface area contributed by atoms with Gasteiger partial charge in [-0.3, -0.25) is 4.99 Å². The minimum atomic E-state index is 0. The maximum Gasteiger partial charge on any atom is 0.193 e. The Morgan fingerprint density at radius 3 is 2.63 bits per heavy atom. The molecule has 0 aromatic rings. The summed E-state index contributed by atoms with van der Waals surface area (Å²) < 4.78 is 5.33. The fourth-order valence-electron chi connectivity index (χ4n) is 2.30. The van der Waals surface area contributed by atoms with Gasteiger partial charge in [0.05, 0.1) is 0 Å². The van der Waals surface area contributed by atoms with E-state index in [9.17, 15) is 0 Å². The molecule has 0 aromatic heterocycles. The van der Waals surface area contributed by atoms with Gasteiger partial charge in [0, 0.05) is 39.9 Å². The molecule has 1 N–H and O–H groups in total. The summed E-state index contributed by atoms with van der Waals surface area (Å²) in [4.78, 5) is 6.73. The van der Waals surface area contributed by atoms with Gasteiger partial charge < -0.3 is 15.0 Å². The van der Waals surface area contributed by atoms with Crippen LogP contribution in [0.2, 0.25) is 0 Å². The number of likely N-dealkylation sites (tertiary alicyclic amines) is 1. The van der Waals surface area contributed by atoms with Crippen LogP contribution in [0.4, 0.5) is 0 Å². The molecule has 114 valence electrons. The van der Waals surface area contributed by atoms with Crippen molar-refractivity contribution in [2.24, 2.45) is 10.4 Å². The summed E-state index contributed by atoms with van der Waals surface area (Å²) in [7, 11) is 1.87. The average molecular weight is 383 g/mol. The average Bonchev–Trinajstić information content (AvgIpc) is 2.69. The van der Waals surface area contributed by atoms with Crippen LogP contribution >= 0.6 is 24.0 Å². The summed E-state index contributed by atoms with van der Waals surface area (Å²) >= 11 is 0. The van der Waals surface area contributed by atoms with Crippen LogP contribution in [0.1, 0.15) is 40.0 Å². The zero-order valence-corrected chi connectivity index (χ0v) is 15.2. The maximum absolute atomic E-state index is 5.33. The van der Waals surface area contributed by atoms with Gasteiger partial charge in [-0.2, -0.15) is 0 Å². The molecule has 1 aliphatic rings.